The van der Waals surface area contributed by atoms with Crippen LogP contribution in [0.25, 0.3) is 6.08 Å². The van der Waals surface area contributed by atoms with Gasteiger partial charge in [-0.2, -0.15) is 10.2 Å². The summed E-state index contributed by atoms with van der Waals surface area (Å²) in [5.74, 6) is 1.58. The number of nitrogens with zero attached hydrogens (tertiary/aromatic N) is 3. The van der Waals surface area contributed by atoms with Crippen molar-refractivity contribution in [2.45, 2.75) is 76.9 Å². The van der Waals surface area contributed by atoms with Gasteiger partial charge in [0.2, 0.25) is 5.72 Å². The summed E-state index contributed by atoms with van der Waals surface area (Å²) in [6, 6.07) is 28.4. The van der Waals surface area contributed by atoms with Crippen LogP contribution in [0.15, 0.2) is 107 Å². The Balaban J connectivity index is 1.01. The molecule has 0 saturated heterocycles. The Morgan fingerprint density at radius 1 is 0.792 bits per heavy atom. The summed E-state index contributed by atoms with van der Waals surface area (Å²) in [7, 11) is 2.07. The zero-order valence-corrected chi connectivity index (χ0v) is 28.4. The van der Waals surface area contributed by atoms with Gasteiger partial charge in [0.05, 0.1) is 29.0 Å². The smallest absolute Gasteiger partial charge is 0.343 e. The molecular formula is C41H45N3O4. The second kappa shape index (κ2) is 14.5. The maximum absolute atomic E-state index is 13.0. The van der Waals surface area contributed by atoms with Crippen LogP contribution in [0.1, 0.15) is 87.2 Å². The fourth-order valence-electron chi connectivity index (χ4n) is 6.62. The summed E-state index contributed by atoms with van der Waals surface area (Å²) in [5.41, 5.74) is 4.10. The van der Waals surface area contributed by atoms with E-state index in [1.165, 1.54) is 44.1 Å². The number of ether oxygens (including phenoxy) is 3. The average Bonchev–Trinajstić information content (AvgIpc) is 3.27. The van der Waals surface area contributed by atoms with Gasteiger partial charge in [-0.15, -0.1) is 0 Å². The number of likely N-dealkylation sites (N-methyl/N-ethyl adjacent to an activating group) is 1. The summed E-state index contributed by atoms with van der Waals surface area (Å²) in [5, 5.41) is 8.65. The zero-order valence-electron chi connectivity index (χ0n) is 28.4. The summed E-state index contributed by atoms with van der Waals surface area (Å²) in [4.78, 5) is 15.2. The van der Waals surface area contributed by atoms with Crippen molar-refractivity contribution in [1.82, 2.24) is 0 Å². The Hall–Kier alpha value is -4.91. The molecule has 0 saturated carbocycles. The van der Waals surface area contributed by atoms with E-state index in [1.807, 2.05) is 36.4 Å². The molecule has 248 valence electrons. The van der Waals surface area contributed by atoms with Gasteiger partial charge >= 0.3 is 5.97 Å². The second-order valence-electron chi connectivity index (χ2n) is 13.1. The van der Waals surface area contributed by atoms with E-state index in [9.17, 15) is 4.79 Å². The Labute approximate surface area is 284 Å². The molecule has 4 aromatic carbocycles. The first kappa shape index (κ1) is 33.0. The summed E-state index contributed by atoms with van der Waals surface area (Å²) >= 11 is 0. The van der Waals surface area contributed by atoms with Gasteiger partial charge in [-0.1, -0.05) is 63.6 Å². The molecule has 0 N–H and O–H groups in total. The van der Waals surface area contributed by atoms with Crippen LogP contribution < -0.4 is 19.1 Å². The van der Waals surface area contributed by atoms with Crippen molar-refractivity contribution in [2.24, 2.45) is 10.2 Å². The van der Waals surface area contributed by atoms with Gasteiger partial charge in [0, 0.05) is 18.3 Å². The third kappa shape index (κ3) is 6.86. The van der Waals surface area contributed by atoms with Crippen molar-refractivity contribution < 1.29 is 19.0 Å². The Bertz CT molecular complexity index is 1780. The molecule has 2 heterocycles. The van der Waals surface area contributed by atoms with Gasteiger partial charge in [0.25, 0.3) is 0 Å². The molecule has 7 nitrogen and oxygen atoms in total. The number of para-hydroxylation sites is 1. The van der Waals surface area contributed by atoms with Gasteiger partial charge in [-0.05, 0) is 111 Å². The molecule has 0 fully saturated rings. The highest BCUT2D eigenvalue weighted by atomic mass is 16.5. The number of anilines is 1. The monoisotopic (exact) mass is 643 g/mol. The first-order chi connectivity index (χ1) is 23.3. The molecular weight excluding hydrogens is 598 g/mol. The molecule has 0 aliphatic carbocycles. The minimum absolute atomic E-state index is 0.282. The first-order valence-electron chi connectivity index (χ1n) is 17.1. The highest BCUT2D eigenvalue weighted by Gasteiger charge is 2.57. The van der Waals surface area contributed by atoms with E-state index in [2.05, 4.69) is 79.4 Å². The zero-order chi connectivity index (χ0) is 33.6. The predicted molar refractivity (Wildman–Crippen MR) is 192 cm³/mol. The molecule has 0 amide bonds. The van der Waals surface area contributed by atoms with Crippen LogP contribution in [0.5, 0.6) is 17.2 Å². The van der Waals surface area contributed by atoms with Crippen LogP contribution >= 0.6 is 0 Å². The lowest BCUT2D eigenvalue weighted by atomic mass is 9.76. The molecule has 2 aliphatic rings. The van der Waals surface area contributed by atoms with E-state index in [1.54, 1.807) is 30.3 Å². The molecule has 1 atom stereocenters. The molecule has 2 aliphatic heterocycles. The van der Waals surface area contributed by atoms with Crippen LogP contribution in [0.3, 0.4) is 0 Å². The van der Waals surface area contributed by atoms with Crippen molar-refractivity contribution in [3.63, 3.8) is 0 Å². The van der Waals surface area contributed by atoms with Crippen molar-refractivity contribution in [2.75, 3.05) is 18.6 Å². The normalized spacial score (nSPS) is 17.3. The number of hydrogen-bond acceptors (Lipinski definition) is 7. The minimum Gasteiger partial charge on any atom is -0.494 e. The summed E-state index contributed by atoms with van der Waals surface area (Å²) in [6.45, 7) is 7.39. The summed E-state index contributed by atoms with van der Waals surface area (Å²) < 4.78 is 18.3. The molecule has 48 heavy (non-hydrogen) atoms. The number of hydrogen-bond donors (Lipinski definition) is 0. The molecule has 1 spiro atoms. The van der Waals surface area contributed by atoms with E-state index >= 15 is 0 Å². The number of carbonyl (C=O) groups excluding carboxylic acids is 1. The highest BCUT2D eigenvalue weighted by molar-refractivity contribution is 5.91. The minimum atomic E-state index is -0.661. The van der Waals surface area contributed by atoms with E-state index in [-0.39, 0.29) is 5.41 Å². The molecule has 7 heteroatoms. The average molecular weight is 644 g/mol. The van der Waals surface area contributed by atoms with Crippen molar-refractivity contribution in [3.8, 4) is 17.2 Å². The van der Waals surface area contributed by atoms with E-state index in [0.717, 1.165) is 41.5 Å². The maximum atomic E-state index is 13.0. The maximum Gasteiger partial charge on any atom is 0.343 e. The molecule has 0 radical (unpaired) electrons. The van der Waals surface area contributed by atoms with Gasteiger partial charge in [0.15, 0.2) is 0 Å². The van der Waals surface area contributed by atoms with Crippen LogP contribution in [0, 0.1) is 0 Å². The number of carbonyl (C=O) groups is 1. The predicted octanol–water partition coefficient (Wildman–Crippen LogP) is 11.0. The van der Waals surface area contributed by atoms with Crippen molar-refractivity contribution in [1.29, 1.82) is 0 Å². The van der Waals surface area contributed by atoms with Crippen LogP contribution in [-0.4, -0.2) is 25.3 Å². The molecule has 1 unspecified atom stereocenters. The molecule has 6 rings (SSSR count). The highest BCUT2D eigenvalue weighted by Crippen LogP contribution is 2.54. The second-order valence-corrected chi connectivity index (χ2v) is 13.1. The fourth-order valence-corrected chi connectivity index (χ4v) is 6.62. The van der Waals surface area contributed by atoms with Gasteiger partial charge in [0.1, 0.15) is 17.2 Å². The van der Waals surface area contributed by atoms with Crippen LogP contribution in [0.2, 0.25) is 0 Å². The van der Waals surface area contributed by atoms with Crippen LogP contribution in [-0.2, 0) is 5.41 Å². The van der Waals surface area contributed by atoms with Gasteiger partial charge < -0.3 is 19.1 Å². The van der Waals surface area contributed by atoms with Crippen LogP contribution in [0.4, 0.5) is 17.1 Å². The summed E-state index contributed by atoms with van der Waals surface area (Å²) in [6.07, 6.45) is 13.0. The van der Waals surface area contributed by atoms with E-state index < -0.39 is 11.7 Å². The number of benzene rings is 4. The largest absolute Gasteiger partial charge is 0.494 e. The Morgan fingerprint density at radius 3 is 2.15 bits per heavy atom. The van der Waals surface area contributed by atoms with Crippen molar-refractivity contribution in [3.05, 3.63) is 114 Å². The number of azo groups is 1. The van der Waals surface area contributed by atoms with Gasteiger partial charge in [-0.25, -0.2) is 4.79 Å². The topological polar surface area (TPSA) is 72.7 Å². The lowest BCUT2D eigenvalue weighted by Gasteiger charge is -2.45. The first-order valence-corrected chi connectivity index (χ1v) is 17.1. The van der Waals surface area contributed by atoms with Crippen molar-refractivity contribution >= 4 is 29.1 Å². The SMILES string of the molecule is CCCCCCCCCOc1ccc(N=Nc2ccc(C(=O)Oc3ccc4c(c3)C=CC3(O4)N(C)c4ccccc4C3(C)C)cc2)cc1. The number of fused-ring (bicyclic) bond motifs is 2. The van der Waals surface area contributed by atoms with E-state index in [0.29, 0.717) is 17.0 Å². The standard InChI is InChI=1S/C41H45N3O4/c1-5-6-7-8-9-10-13-28-46-34-22-20-33(21-23-34)43-42-32-18-16-30(17-19-32)39(45)47-35-24-25-38-31(29-35)26-27-41(48-38)40(2,3)36-14-11-12-15-37(36)44(41)4/h11-12,14-27,29H,5-10,13,28H2,1-4H3. The van der Waals surface area contributed by atoms with Gasteiger partial charge in [-0.3, -0.25) is 0 Å². The molecule has 0 aromatic heterocycles. The number of unbranched alkanes of at least 4 members (excludes halogenated alkanes) is 6. The third-order valence-electron chi connectivity index (χ3n) is 9.52. The molecule has 4 aromatic rings. The third-order valence-corrected chi connectivity index (χ3v) is 9.52. The fraction of sp³-hybridized carbons (Fsp3) is 0.341. The Kier molecular flexibility index (Phi) is 9.95. The number of esters is 1. The van der Waals surface area contributed by atoms with E-state index in [4.69, 9.17) is 14.2 Å². The lowest BCUT2D eigenvalue weighted by Crippen LogP contribution is -2.58. The lowest BCUT2D eigenvalue weighted by molar-refractivity contribution is 0.0579. The quantitative estimate of drug-likeness (QED) is 0.0627. The number of rotatable bonds is 13. The Morgan fingerprint density at radius 2 is 1.44 bits per heavy atom. The molecule has 0 bridgehead atoms.